The first-order chi connectivity index (χ1) is 8.56. The molecular formula is C12H18N2O4. The minimum Gasteiger partial charge on any atom is -0.480 e. The molecule has 3 aliphatic rings. The second-order valence-electron chi connectivity index (χ2n) is 5.66. The standard InChI is InChI=1S/C12H18N2O4/c15-9-4-10(11(16)17)14(6-9)12(18)13-5-7-1-2-8(13)3-7/h7-10,15H,1-6H2,(H,16,17)/t7?,8?,9-,10+/m1/s1. The van der Waals surface area contributed by atoms with Crippen molar-refractivity contribution in [2.75, 3.05) is 13.1 Å². The van der Waals surface area contributed by atoms with Gasteiger partial charge in [0.2, 0.25) is 0 Å². The molecule has 0 radical (unpaired) electrons. The molecule has 2 bridgehead atoms. The fourth-order valence-electron chi connectivity index (χ4n) is 3.58. The predicted octanol–water partition coefficient (Wildman–Crippen LogP) is 0.111. The van der Waals surface area contributed by atoms with Crippen LogP contribution < -0.4 is 0 Å². The summed E-state index contributed by atoms with van der Waals surface area (Å²) in [6.07, 6.45) is 2.70. The number of hydrogen-bond donors (Lipinski definition) is 2. The number of aliphatic carboxylic acids is 1. The number of fused-ring (bicyclic) bond motifs is 2. The van der Waals surface area contributed by atoms with Gasteiger partial charge in [0.15, 0.2) is 0 Å². The van der Waals surface area contributed by atoms with Gasteiger partial charge in [-0.2, -0.15) is 0 Å². The summed E-state index contributed by atoms with van der Waals surface area (Å²) in [5.74, 6) is -0.431. The summed E-state index contributed by atoms with van der Waals surface area (Å²) < 4.78 is 0. The number of β-amino-alcohol motifs (C(OH)–C–C–N with tert-alkyl or cyclic N) is 1. The van der Waals surface area contributed by atoms with E-state index >= 15 is 0 Å². The highest BCUT2D eigenvalue weighted by Crippen LogP contribution is 2.38. The van der Waals surface area contributed by atoms with E-state index in [-0.39, 0.29) is 25.0 Å². The number of carbonyl (C=O) groups is 2. The van der Waals surface area contributed by atoms with Crippen molar-refractivity contribution in [1.82, 2.24) is 9.80 Å². The van der Waals surface area contributed by atoms with Crippen LogP contribution in [0.3, 0.4) is 0 Å². The van der Waals surface area contributed by atoms with Crippen LogP contribution in [0.25, 0.3) is 0 Å². The average molecular weight is 254 g/mol. The zero-order valence-electron chi connectivity index (χ0n) is 10.2. The van der Waals surface area contributed by atoms with E-state index in [2.05, 4.69) is 0 Å². The van der Waals surface area contributed by atoms with Crippen LogP contribution in [0.5, 0.6) is 0 Å². The Labute approximate surface area is 105 Å². The third kappa shape index (κ3) is 1.75. The second kappa shape index (κ2) is 4.12. The number of hydrogen-bond acceptors (Lipinski definition) is 3. The topological polar surface area (TPSA) is 81.1 Å². The molecule has 2 aliphatic heterocycles. The van der Waals surface area contributed by atoms with E-state index in [0.717, 1.165) is 19.4 Å². The Kier molecular flexibility index (Phi) is 2.69. The Morgan fingerprint density at radius 1 is 1.06 bits per heavy atom. The van der Waals surface area contributed by atoms with Crippen LogP contribution in [-0.2, 0) is 4.79 Å². The molecule has 1 aliphatic carbocycles. The summed E-state index contributed by atoms with van der Waals surface area (Å²) >= 11 is 0. The van der Waals surface area contributed by atoms with Gasteiger partial charge < -0.3 is 20.0 Å². The van der Waals surface area contributed by atoms with E-state index in [9.17, 15) is 14.7 Å². The van der Waals surface area contributed by atoms with Gasteiger partial charge >= 0.3 is 12.0 Å². The van der Waals surface area contributed by atoms with E-state index < -0.39 is 18.1 Å². The maximum absolute atomic E-state index is 12.4. The number of carboxylic acid groups (broad SMARTS) is 1. The third-order valence-corrected chi connectivity index (χ3v) is 4.46. The molecule has 3 rings (SSSR count). The summed E-state index contributed by atoms with van der Waals surface area (Å²) in [4.78, 5) is 26.6. The monoisotopic (exact) mass is 254 g/mol. The van der Waals surface area contributed by atoms with Gasteiger partial charge in [0.1, 0.15) is 6.04 Å². The smallest absolute Gasteiger partial charge is 0.326 e. The molecular weight excluding hydrogens is 236 g/mol. The molecule has 18 heavy (non-hydrogen) atoms. The first kappa shape index (κ1) is 11.8. The van der Waals surface area contributed by atoms with Crippen LogP contribution in [0.4, 0.5) is 4.79 Å². The van der Waals surface area contributed by atoms with Crippen LogP contribution in [0.1, 0.15) is 25.7 Å². The Morgan fingerprint density at radius 2 is 1.83 bits per heavy atom. The summed E-state index contributed by atoms with van der Waals surface area (Å²) in [5, 5.41) is 18.7. The SMILES string of the molecule is O=C(O)[C@@H]1C[C@@H](O)CN1C(=O)N1CC2CCC1C2. The summed E-state index contributed by atoms with van der Waals surface area (Å²) in [5.41, 5.74) is 0. The highest BCUT2D eigenvalue weighted by atomic mass is 16.4. The van der Waals surface area contributed by atoms with Crippen molar-refractivity contribution in [3.05, 3.63) is 0 Å². The normalized spacial score (nSPS) is 38.5. The van der Waals surface area contributed by atoms with Crippen molar-refractivity contribution in [3.8, 4) is 0 Å². The maximum atomic E-state index is 12.4. The van der Waals surface area contributed by atoms with Crippen molar-refractivity contribution < 1.29 is 19.8 Å². The minimum atomic E-state index is -1.02. The van der Waals surface area contributed by atoms with Crippen LogP contribution in [0.2, 0.25) is 0 Å². The number of likely N-dealkylation sites (tertiary alicyclic amines) is 2. The molecule has 2 saturated heterocycles. The quantitative estimate of drug-likeness (QED) is 0.696. The van der Waals surface area contributed by atoms with Gasteiger partial charge in [0, 0.05) is 25.6 Å². The Bertz CT molecular complexity index is 386. The number of carboxylic acids is 1. The van der Waals surface area contributed by atoms with Crippen LogP contribution in [-0.4, -0.2) is 63.3 Å². The van der Waals surface area contributed by atoms with E-state index in [1.807, 2.05) is 4.90 Å². The molecule has 0 aromatic heterocycles. The molecule has 100 valence electrons. The van der Waals surface area contributed by atoms with Crippen LogP contribution in [0, 0.1) is 5.92 Å². The number of carbonyl (C=O) groups excluding carboxylic acids is 1. The molecule has 0 aromatic rings. The number of nitrogens with zero attached hydrogens (tertiary/aromatic N) is 2. The lowest BCUT2D eigenvalue weighted by molar-refractivity contribution is -0.141. The third-order valence-electron chi connectivity index (χ3n) is 4.46. The van der Waals surface area contributed by atoms with Gasteiger partial charge in [-0.25, -0.2) is 9.59 Å². The molecule has 6 heteroatoms. The van der Waals surface area contributed by atoms with Crippen LogP contribution >= 0.6 is 0 Å². The van der Waals surface area contributed by atoms with Crippen molar-refractivity contribution in [1.29, 1.82) is 0 Å². The molecule has 4 atom stereocenters. The van der Waals surface area contributed by atoms with Gasteiger partial charge in [0.25, 0.3) is 0 Å². The highest BCUT2D eigenvalue weighted by molar-refractivity contribution is 5.84. The molecule has 2 unspecified atom stereocenters. The molecule has 2 N–H and O–H groups in total. The first-order valence-corrected chi connectivity index (χ1v) is 6.54. The predicted molar refractivity (Wildman–Crippen MR) is 62.0 cm³/mol. The summed E-state index contributed by atoms with van der Waals surface area (Å²) in [6, 6.07) is -0.785. The maximum Gasteiger partial charge on any atom is 0.326 e. The van der Waals surface area contributed by atoms with Gasteiger partial charge in [0.05, 0.1) is 6.10 Å². The lowest BCUT2D eigenvalue weighted by Gasteiger charge is -2.32. The summed E-state index contributed by atoms with van der Waals surface area (Å²) in [6.45, 7) is 0.895. The molecule has 2 amide bonds. The molecule has 1 saturated carbocycles. The largest absolute Gasteiger partial charge is 0.480 e. The lowest BCUT2D eigenvalue weighted by Crippen LogP contribution is -2.50. The summed E-state index contributed by atoms with van der Waals surface area (Å²) in [7, 11) is 0. The molecule has 3 fully saturated rings. The second-order valence-corrected chi connectivity index (χ2v) is 5.66. The van der Waals surface area contributed by atoms with Gasteiger partial charge in [-0.3, -0.25) is 0 Å². The van der Waals surface area contributed by atoms with Crippen molar-refractivity contribution in [3.63, 3.8) is 0 Å². The van der Waals surface area contributed by atoms with E-state index in [1.165, 1.54) is 11.3 Å². The van der Waals surface area contributed by atoms with Crippen molar-refractivity contribution in [2.45, 2.75) is 43.9 Å². The van der Waals surface area contributed by atoms with E-state index in [4.69, 9.17) is 5.11 Å². The fraction of sp³-hybridized carbons (Fsp3) is 0.833. The number of aliphatic hydroxyl groups excluding tert-OH is 1. The number of amides is 2. The zero-order valence-corrected chi connectivity index (χ0v) is 10.2. The first-order valence-electron chi connectivity index (χ1n) is 6.54. The zero-order chi connectivity index (χ0) is 12.9. The molecule has 6 nitrogen and oxygen atoms in total. The van der Waals surface area contributed by atoms with Gasteiger partial charge in [-0.1, -0.05) is 0 Å². The number of urea groups is 1. The number of aliphatic hydroxyl groups is 1. The number of rotatable bonds is 1. The van der Waals surface area contributed by atoms with Gasteiger partial charge in [-0.05, 0) is 25.2 Å². The number of piperidine rings is 1. The highest BCUT2D eigenvalue weighted by Gasteiger charge is 2.46. The lowest BCUT2D eigenvalue weighted by atomic mass is 10.1. The van der Waals surface area contributed by atoms with E-state index in [1.54, 1.807) is 0 Å². The molecule has 2 heterocycles. The molecule has 0 aromatic carbocycles. The average Bonchev–Trinajstić information content (AvgIpc) is 3.01. The van der Waals surface area contributed by atoms with Gasteiger partial charge in [-0.15, -0.1) is 0 Å². The van der Waals surface area contributed by atoms with Crippen LogP contribution in [0.15, 0.2) is 0 Å². The van der Waals surface area contributed by atoms with E-state index in [0.29, 0.717) is 5.92 Å². The Hall–Kier alpha value is -1.30. The van der Waals surface area contributed by atoms with Crippen molar-refractivity contribution in [2.24, 2.45) is 5.92 Å². The fourth-order valence-corrected chi connectivity index (χ4v) is 3.58. The molecule has 0 spiro atoms. The van der Waals surface area contributed by atoms with Crippen molar-refractivity contribution >= 4 is 12.0 Å². The Balaban J connectivity index is 1.73. The minimum absolute atomic E-state index is 0.142. The Morgan fingerprint density at radius 3 is 2.39 bits per heavy atom.